The van der Waals surface area contributed by atoms with Crippen LogP contribution >= 0.6 is 0 Å². The van der Waals surface area contributed by atoms with Crippen molar-refractivity contribution in [3.63, 3.8) is 0 Å². The average molecular weight is 246 g/mol. The monoisotopic (exact) mass is 246 g/mol. The minimum atomic E-state index is -0.312. The molecule has 0 amide bonds. The summed E-state index contributed by atoms with van der Waals surface area (Å²) in [5.41, 5.74) is 1.21. The van der Waals surface area contributed by atoms with Crippen molar-refractivity contribution in [3.05, 3.63) is 40.2 Å². The van der Waals surface area contributed by atoms with Gasteiger partial charge in [-0.1, -0.05) is 20.3 Å². The molecule has 0 fully saturated rings. The maximum atomic E-state index is 11.2. The summed E-state index contributed by atoms with van der Waals surface area (Å²) in [6.07, 6.45) is 1.10. The van der Waals surface area contributed by atoms with E-state index in [-0.39, 0.29) is 5.63 Å². The van der Waals surface area contributed by atoms with Gasteiger partial charge in [-0.2, -0.15) is 0 Å². The molecule has 0 aliphatic rings. The van der Waals surface area contributed by atoms with Gasteiger partial charge >= 0.3 is 5.63 Å². The van der Waals surface area contributed by atoms with Crippen LogP contribution in [-0.2, 0) is 0 Å². The van der Waals surface area contributed by atoms with Gasteiger partial charge < -0.3 is 9.15 Å². The minimum absolute atomic E-state index is 0.312. The summed E-state index contributed by atoms with van der Waals surface area (Å²) >= 11 is 0. The molecule has 1 aromatic carbocycles. The number of hydrogen-bond donors (Lipinski definition) is 0. The normalized spacial score (nSPS) is 12.6. The van der Waals surface area contributed by atoms with E-state index in [1.165, 1.54) is 6.07 Å². The Labute approximate surface area is 106 Å². The van der Waals surface area contributed by atoms with Gasteiger partial charge in [-0.25, -0.2) is 4.79 Å². The number of aryl methyl sites for hydroxylation is 1. The Kier molecular flexibility index (Phi) is 3.70. The van der Waals surface area contributed by atoms with Crippen LogP contribution < -0.4 is 10.4 Å². The third-order valence-corrected chi connectivity index (χ3v) is 3.15. The topological polar surface area (TPSA) is 39.4 Å². The van der Waals surface area contributed by atoms with Crippen molar-refractivity contribution in [2.75, 3.05) is 6.61 Å². The Morgan fingerprint density at radius 2 is 2.11 bits per heavy atom. The number of hydrogen-bond acceptors (Lipinski definition) is 3. The predicted octanol–water partition coefficient (Wildman–Crippen LogP) is 3.53. The minimum Gasteiger partial charge on any atom is -0.493 e. The summed E-state index contributed by atoms with van der Waals surface area (Å²) in [5.74, 6) is 1.36. The fraction of sp³-hybridized carbons (Fsp3) is 0.400. The van der Waals surface area contributed by atoms with Crippen molar-refractivity contribution in [2.24, 2.45) is 5.92 Å². The summed E-state index contributed by atoms with van der Waals surface area (Å²) < 4.78 is 10.9. The SMILES string of the molecule is CCC(C)COc1ccc2oc(=O)cc(C)c2c1. The molecule has 0 saturated carbocycles. The van der Waals surface area contributed by atoms with Crippen molar-refractivity contribution in [1.82, 2.24) is 0 Å². The van der Waals surface area contributed by atoms with Gasteiger partial charge in [0.15, 0.2) is 0 Å². The molecule has 0 spiro atoms. The Balaban J connectivity index is 2.30. The van der Waals surface area contributed by atoms with Crippen LogP contribution in [0.5, 0.6) is 5.75 Å². The molecule has 1 aromatic heterocycles. The van der Waals surface area contributed by atoms with Crippen LogP contribution in [0.25, 0.3) is 11.0 Å². The lowest BCUT2D eigenvalue weighted by Crippen LogP contribution is -2.07. The smallest absolute Gasteiger partial charge is 0.336 e. The van der Waals surface area contributed by atoms with Gasteiger partial charge in [0.25, 0.3) is 0 Å². The third-order valence-electron chi connectivity index (χ3n) is 3.15. The zero-order valence-corrected chi connectivity index (χ0v) is 11.0. The zero-order valence-electron chi connectivity index (χ0n) is 11.0. The van der Waals surface area contributed by atoms with Crippen molar-refractivity contribution < 1.29 is 9.15 Å². The van der Waals surface area contributed by atoms with Crippen LogP contribution in [0.4, 0.5) is 0 Å². The molecular formula is C15H18O3. The van der Waals surface area contributed by atoms with E-state index >= 15 is 0 Å². The zero-order chi connectivity index (χ0) is 13.1. The number of fused-ring (bicyclic) bond motifs is 1. The van der Waals surface area contributed by atoms with Crippen molar-refractivity contribution in [1.29, 1.82) is 0 Å². The highest BCUT2D eigenvalue weighted by molar-refractivity contribution is 5.81. The molecule has 3 nitrogen and oxygen atoms in total. The molecule has 0 aliphatic heterocycles. The van der Waals surface area contributed by atoms with Crippen molar-refractivity contribution >= 4 is 11.0 Å². The molecule has 0 N–H and O–H groups in total. The molecule has 0 aliphatic carbocycles. The Morgan fingerprint density at radius 3 is 2.83 bits per heavy atom. The van der Waals surface area contributed by atoms with E-state index in [4.69, 9.17) is 9.15 Å². The number of benzene rings is 1. The first kappa shape index (κ1) is 12.7. The highest BCUT2D eigenvalue weighted by atomic mass is 16.5. The number of rotatable bonds is 4. The van der Waals surface area contributed by atoms with Crippen LogP contribution in [0.3, 0.4) is 0 Å². The fourth-order valence-electron chi connectivity index (χ4n) is 1.74. The first-order valence-corrected chi connectivity index (χ1v) is 6.27. The van der Waals surface area contributed by atoms with Crippen LogP contribution in [0.1, 0.15) is 25.8 Å². The summed E-state index contributed by atoms with van der Waals surface area (Å²) in [4.78, 5) is 11.2. The van der Waals surface area contributed by atoms with Crippen LogP contribution in [0.2, 0.25) is 0 Å². The first-order chi connectivity index (χ1) is 8.60. The Hall–Kier alpha value is -1.77. The second-order valence-corrected chi connectivity index (χ2v) is 4.73. The molecule has 3 heteroatoms. The van der Waals surface area contributed by atoms with E-state index < -0.39 is 0 Å². The summed E-state index contributed by atoms with van der Waals surface area (Å²) in [5, 5.41) is 0.927. The van der Waals surface area contributed by atoms with E-state index in [2.05, 4.69) is 13.8 Å². The largest absolute Gasteiger partial charge is 0.493 e. The molecular weight excluding hydrogens is 228 g/mol. The van der Waals surface area contributed by atoms with E-state index in [1.54, 1.807) is 6.07 Å². The quantitative estimate of drug-likeness (QED) is 0.775. The van der Waals surface area contributed by atoms with Gasteiger partial charge in [0.1, 0.15) is 11.3 Å². The van der Waals surface area contributed by atoms with E-state index in [9.17, 15) is 4.79 Å². The molecule has 0 bridgehead atoms. The molecule has 18 heavy (non-hydrogen) atoms. The third kappa shape index (κ3) is 2.73. The lowest BCUT2D eigenvalue weighted by molar-refractivity contribution is 0.257. The molecule has 0 radical (unpaired) electrons. The Morgan fingerprint density at radius 1 is 1.33 bits per heavy atom. The summed E-state index contributed by atoms with van der Waals surface area (Å²) in [7, 11) is 0. The molecule has 0 saturated heterocycles. The maximum absolute atomic E-state index is 11.2. The second-order valence-electron chi connectivity index (χ2n) is 4.73. The van der Waals surface area contributed by atoms with Gasteiger partial charge in [0, 0.05) is 11.5 Å². The van der Waals surface area contributed by atoms with Gasteiger partial charge in [-0.3, -0.25) is 0 Å². The maximum Gasteiger partial charge on any atom is 0.336 e. The second kappa shape index (κ2) is 5.25. The van der Waals surface area contributed by atoms with E-state index in [1.807, 2.05) is 19.1 Å². The fourth-order valence-corrected chi connectivity index (χ4v) is 1.74. The molecule has 96 valence electrons. The summed E-state index contributed by atoms with van der Waals surface area (Å²) in [6.45, 7) is 6.91. The predicted molar refractivity (Wildman–Crippen MR) is 72.2 cm³/mol. The van der Waals surface area contributed by atoms with Crippen molar-refractivity contribution in [2.45, 2.75) is 27.2 Å². The van der Waals surface area contributed by atoms with Gasteiger partial charge in [-0.15, -0.1) is 0 Å². The molecule has 1 atom stereocenters. The van der Waals surface area contributed by atoms with Gasteiger partial charge in [0.05, 0.1) is 6.61 Å². The van der Waals surface area contributed by atoms with Crippen LogP contribution in [0.15, 0.2) is 33.5 Å². The Bertz CT molecular complexity index is 598. The highest BCUT2D eigenvalue weighted by Gasteiger charge is 2.05. The van der Waals surface area contributed by atoms with Gasteiger partial charge in [-0.05, 0) is 36.6 Å². The molecule has 2 rings (SSSR count). The van der Waals surface area contributed by atoms with Gasteiger partial charge in [0.2, 0.25) is 0 Å². The first-order valence-electron chi connectivity index (χ1n) is 6.27. The standard InChI is InChI=1S/C15H18O3/c1-4-10(2)9-17-12-5-6-14-13(8-12)11(3)7-15(16)18-14/h5-8,10H,4,9H2,1-3H3. The highest BCUT2D eigenvalue weighted by Crippen LogP contribution is 2.23. The number of ether oxygens (including phenoxy) is 1. The summed E-state index contributed by atoms with van der Waals surface area (Å²) in [6, 6.07) is 7.06. The van der Waals surface area contributed by atoms with Crippen molar-refractivity contribution in [3.8, 4) is 5.75 Å². The van der Waals surface area contributed by atoms with E-state index in [0.29, 0.717) is 18.1 Å². The lowest BCUT2D eigenvalue weighted by Gasteiger charge is -2.11. The average Bonchev–Trinajstić information content (AvgIpc) is 2.36. The molecule has 2 aromatic rings. The van der Waals surface area contributed by atoms with E-state index in [0.717, 1.165) is 23.1 Å². The van der Waals surface area contributed by atoms with Crippen LogP contribution in [0, 0.1) is 12.8 Å². The molecule has 1 heterocycles. The van der Waals surface area contributed by atoms with Crippen LogP contribution in [-0.4, -0.2) is 6.61 Å². The molecule has 1 unspecified atom stereocenters. The lowest BCUT2D eigenvalue weighted by atomic mass is 10.1.